The van der Waals surface area contributed by atoms with Crippen LogP contribution >= 0.6 is 24.0 Å². The molecule has 0 aromatic rings. The van der Waals surface area contributed by atoms with E-state index < -0.39 is 5.60 Å². The first-order valence-electron chi connectivity index (χ1n) is 9.59. The fraction of sp³-hybridized carbons (Fsp3) is 0.889. The predicted octanol–water partition coefficient (Wildman–Crippen LogP) is 2.27. The van der Waals surface area contributed by atoms with Gasteiger partial charge < -0.3 is 30.2 Å². The molecule has 1 heterocycles. The summed E-state index contributed by atoms with van der Waals surface area (Å²) in [5.41, 5.74) is -0.473. The number of ether oxygens (including phenoxy) is 3. The molecule has 27 heavy (non-hydrogen) atoms. The molecule has 0 radical (unpaired) electrons. The quantitative estimate of drug-likeness (QED) is 0.185. The molecule has 1 unspecified atom stereocenters. The minimum atomic E-state index is -0.473. The fourth-order valence-electron chi connectivity index (χ4n) is 2.29. The van der Waals surface area contributed by atoms with Crippen LogP contribution in [0.25, 0.3) is 0 Å². The molecule has 0 aliphatic carbocycles. The minimum absolute atomic E-state index is 0. The van der Waals surface area contributed by atoms with E-state index in [9.17, 15) is 4.79 Å². The molecule has 0 saturated carbocycles. The zero-order valence-corrected chi connectivity index (χ0v) is 19.5. The molecule has 1 saturated heterocycles. The third-order valence-electron chi connectivity index (χ3n) is 3.47. The van der Waals surface area contributed by atoms with Gasteiger partial charge in [0.1, 0.15) is 5.60 Å². The number of halogens is 1. The normalized spacial score (nSPS) is 17.2. The second-order valence-corrected chi connectivity index (χ2v) is 7.18. The van der Waals surface area contributed by atoms with Crippen molar-refractivity contribution in [1.82, 2.24) is 16.0 Å². The monoisotopic (exact) mass is 500 g/mol. The van der Waals surface area contributed by atoms with E-state index in [1.54, 1.807) is 0 Å². The van der Waals surface area contributed by atoms with Gasteiger partial charge in [-0.25, -0.2) is 4.79 Å². The van der Waals surface area contributed by atoms with Gasteiger partial charge in [-0.1, -0.05) is 0 Å². The number of amides is 1. The Labute approximate surface area is 180 Å². The highest BCUT2D eigenvalue weighted by Crippen LogP contribution is 2.08. The molecule has 3 N–H and O–H groups in total. The lowest BCUT2D eigenvalue weighted by Gasteiger charge is -2.19. The maximum absolute atomic E-state index is 11.5. The Kier molecular flexibility index (Phi) is 14.7. The molecule has 0 bridgehead atoms. The first-order valence-corrected chi connectivity index (χ1v) is 9.59. The van der Waals surface area contributed by atoms with Crippen molar-refractivity contribution in [1.29, 1.82) is 0 Å². The van der Waals surface area contributed by atoms with E-state index in [2.05, 4.69) is 20.9 Å². The van der Waals surface area contributed by atoms with Crippen LogP contribution in [0.5, 0.6) is 0 Å². The van der Waals surface area contributed by atoms with E-state index in [4.69, 9.17) is 14.2 Å². The van der Waals surface area contributed by atoms with Crippen LogP contribution in [0.2, 0.25) is 0 Å². The Morgan fingerprint density at radius 1 is 1.19 bits per heavy atom. The summed E-state index contributed by atoms with van der Waals surface area (Å²) in [7, 11) is 0. The van der Waals surface area contributed by atoms with Crippen molar-refractivity contribution in [3.63, 3.8) is 0 Å². The average Bonchev–Trinajstić information content (AvgIpc) is 3.05. The van der Waals surface area contributed by atoms with Crippen molar-refractivity contribution < 1.29 is 19.0 Å². The molecular formula is C18H37IN4O4. The highest BCUT2D eigenvalue weighted by Gasteiger charge is 2.16. The van der Waals surface area contributed by atoms with E-state index in [0.717, 1.165) is 58.1 Å². The number of carbonyl (C=O) groups excluding carboxylic acids is 1. The second-order valence-electron chi connectivity index (χ2n) is 7.18. The van der Waals surface area contributed by atoms with Crippen LogP contribution in [0, 0.1) is 0 Å². The summed E-state index contributed by atoms with van der Waals surface area (Å²) in [6.07, 6.45) is 2.53. The molecule has 8 nitrogen and oxygen atoms in total. The maximum atomic E-state index is 11.5. The molecular weight excluding hydrogens is 463 g/mol. The van der Waals surface area contributed by atoms with Gasteiger partial charge in [0.15, 0.2) is 5.96 Å². The lowest BCUT2D eigenvalue weighted by Crippen LogP contribution is -2.38. The molecule has 9 heteroatoms. The molecule has 0 aromatic carbocycles. The summed E-state index contributed by atoms with van der Waals surface area (Å²) in [6.45, 7) is 12.6. The molecule has 1 amide bonds. The largest absolute Gasteiger partial charge is 0.444 e. The van der Waals surface area contributed by atoms with Crippen LogP contribution in [-0.4, -0.2) is 69.8 Å². The number of nitrogens with zero attached hydrogens (tertiary/aromatic N) is 1. The van der Waals surface area contributed by atoms with Gasteiger partial charge in [0.25, 0.3) is 0 Å². The van der Waals surface area contributed by atoms with Crippen molar-refractivity contribution in [3.05, 3.63) is 0 Å². The van der Waals surface area contributed by atoms with Gasteiger partial charge in [-0.15, -0.1) is 24.0 Å². The van der Waals surface area contributed by atoms with Crippen molar-refractivity contribution in [2.24, 2.45) is 4.99 Å². The van der Waals surface area contributed by atoms with Crippen molar-refractivity contribution in [2.45, 2.75) is 58.7 Å². The number of alkyl carbamates (subject to hydrolysis) is 1. The Hall–Kier alpha value is -0.810. The third kappa shape index (κ3) is 14.9. The van der Waals surface area contributed by atoms with Gasteiger partial charge in [-0.3, -0.25) is 4.99 Å². The van der Waals surface area contributed by atoms with E-state index in [0.29, 0.717) is 13.1 Å². The smallest absolute Gasteiger partial charge is 0.407 e. The van der Waals surface area contributed by atoms with Gasteiger partial charge in [-0.2, -0.15) is 0 Å². The number of guanidine groups is 1. The number of rotatable bonds is 10. The van der Waals surface area contributed by atoms with E-state index in [1.807, 2.05) is 27.7 Å². The summed E-state index contributed by atoms with van der Waals surface area (Å²) in [5, 5.41) is 9.24. The Bertz CT molecular complexity index is 424. The lowest BCUT2D eigenvalue weighted by molar-refractivity contribution is 0.0420. The number of aliphatic imine (C=N–C) groups is 1. The van der Waals surface area contributed by atoms with Crippen LogP contribution in [0.1, 0.15) is 47.0 Å². The molecule has 1 aliphatic rings. The lowest BCUT2D eigenvalue weighted by atomic mass is 10.2. The first kappa shape index (κ1) is 26.2. The highest BCUT2D eigenvalue weighted by molar-refractivity contribution is 14.0. The second kappa shape index (κ2) is 15.2. The van der Waals surface area contributed by atoms with Gasteiger partial charge in [-0.05, 0) is 47.0 Å². The Morgan fingerprint density at radius 2 is 1.93 bits per heavy atom. The van der Waals surface area contributed by atoms with Crippen molar-refractivity contribution >= 4 is 36.0 Å². The standard InChI is InChI=1S/C18H36N4O4.HI/c1-5-19-16(21-11-7-12-25-15-8-13-24-14-15)20-9-6-10-22-17(23)26-18(2,3)4;/h15H,5-14H2,1-4H3,(H,22,23)(H2,19,20,21);1H. The summed E-state index contributed by atoms with van der Waals surface area (Å²) in [6, 6.07) is 0. The molecule has 0 spiro atoms. The summed E-state index contributed by atoms with van der Waals surface area (Å²) >= 11 is 0. The number of nitrogens with one attached hydrogen (secondary N) is 3. The van der Waals surface area contributed by atoms with Gasteiger partial charge in [0, 0.05) is 39.4 Å². The first-order chi connectivity index (χ1) is 12.4. The van der Waals surface area contributed by atoms with Gasteiger partial charge >= 0.3 is 6.09 Å². The Balaban J connectivity index is 0.00000676. The van der Waals surface area contributed by atoms with E-state index in [-0.39, 0.29) is 36.2 Å². The Morgan fingerprint density at radius 3 is 2.56 bits per heavy atom. The molecule has 1 atom stereocenters. The molecule has 0 aromatic heterocycles. The SMILES string of the molecule is CCNC(=NCCCNC(=O)OC(C)(C)C)NCCCOC1CCOC1.I. The van der Waals surface area contributed by atoms with Crippen molar-refractivity contribution in [3.8, 4) is 0 Å². The van der Waals surface area contributed by atoms with Crippen LogP contribution in [0.15, 0.2) is 4.99 Å². The number of hydrogen-bond acceptors (Lipinski definition) is 5. The summed E-state index contributed by atoms with van der Waals surface area (Å²) < 4.78 is 16.2. The van der Waals surface area contributed by atoms with Crippen LogP contribution in [0.4, 0.5) is 4.79 Å². The van der Waals surface area contributed by atoms with Crippen LogP contribution in [0.3, 0.4) is 0 Å². The van der Waals surface area contributed by atoms with Gasteiger partial charge in [0.05, 0.1) is 12.7 Å². The van der Waals surface area contributed by atoms with Crippen LogP contribution < -0.4 is 16.0 Å². The predicted molar refractivity (Wildman–Crippen MR) is 118 cm³/mol. The van der Waals surface area contributed by atoms with E-state index >= 15 is 0 Å². The third-order valence-corrected chi connectivity index (χ3v) is 3.47. The zero-order valence-electron chi connectivity index (χ0n) is 17.1. The number of carbonyl (C=O) groups is 1. The average molecular weight is 500 g/mol. The zero-order chi connectivity index (χ0) is 19.3. The number of hydrogen-bond donors (Lipinski definition) is 3. The highest BCUT2D eigenvalue weighted by atomic mass is 127. The topological polar surface area (TPSA) is 93.2 Å². The van der Waals surface area contributed by atoms with E-state index in [1.165, 1.54) is 0 Å². The van der Waals surface area contributed by atoms with Crippen LogP contribution in [-0.2, 0) is 14.2 Å². The van der Waals surface area contributed by atoms with Crippen molar-refractivity contribution in [2.75, 3.05) is 46.0 Å². The minimum Gasteiger partial charge on any atom is -0.444 e. The maximum Gasteiger partial charge on any atom is 0.407 e. The molecule has 1 rings (SSSR count). The fourth-order valence-corrected chi connectivity index (χ4v) is 2.29. The summed E-state index contributed by atoms with van der Waals surface area (Å²) in [4.78, 5) is 16.0. The van der Waals surface area contributed by atoms with Gasteiger partial charge in [0.2, 0.25) is 0 Å². The molecule has 1 fully saturated rings. The summed E-state index contributed by atoms with van der Waals surface area (Å²) in [5.74, 6) is 0.786. The molecule has 1 aliphatic heterocycles. The molecule has 160 valence electrons.